The predicted octanol–water partition coefficient (Wildman–Crippen LogP) is 4.34. The molecule has 5 N–H and O–H groups in total. The van der Waals surface area contributed by atoms with Gasteiger partial charge in [0.15, 0.2) is 0 Å². The van der Waals surface area contributed by atoms with E-state index in [4.69, 9.17) is 10.5 Å². The van der Waals surface area contributed by atoms with Crippen LogP contribution in [0.5, 0.6) is 0 Å². The number of nitrogens with one attached hydrogen (secondary N) is 3. The zero-order valence-electron chi connectivity index (χ0n) is 30.9. The Kier molecular flexibility index (Phi) is 17.5. The number of ketones is 1. The zero-order valence-corrected chi connectivity index (χ0v) is 30.9. The molecule has 12 nitrogen and oxygen atoms in total. The molecule has 0 aromatic heterocycles. The molecule has 2 fully saturated rings. The number of carbonyl (C=O) groups excluding carboxylic acids is 6. The van der Waals surface area contributed by atoms with Crippen molar-refractivity contribution in [2.24, 2.45) is 28.9 Å². The van der Waals surface area contributed by atoms with Crippen molar-refractivity contribution in [1.29, 1.82) is 0 Å². The number of urea groups is 1. The maximum atomic E-state index is 14.0. The highest BCUT2D eigenvalue weighted by Crippen LogP contribution is 2.51. The van der Waals surface area contributed by atoms with Crippen LogP contribution < -0.4 is 21.7 Å². The molecule has 0 radical (unpaired) electrons. The smallest absolute Gasteiger partial charge is 0.325 e. The summed E-state index contributed by atoms with van der Waals surface area (Å²) in [6.07, 6.45) is 0.737. The molecule has 0 bridgehead atoms. The van der Waals surface area contributed by atoms with Crippen molar-refractivity contribution in [2.45, 2.75) is 119 Å². The second-order valence-electron chi connectivity index (χ2n) is 13.8. The Hall–Kier alpha value is -4.10. The van der Waals surface area contributed by atoms with Crippen LogP contribution in [0.3, 0.4) is 0 Å². The summed E-state index contributed by atoms with van der Waals surface area (Å²) in [5.74, 6) is -9.25. The molecule has 1 saturated heterocycles. The van der Waals surface area contributed by atoms with Crippen molar-refractivity contribution in [1.82, 2.24) is 20.9 Å². The van der Waals surface area contributed by atoms with E-state index in [1.807, 2.05) is 33.8 Å². The lowest BCUT2D eigenvalue weighted by molar-refractivity contribution is -0.144. The summed E-state index contributed by atoms with van der Waals surface area (Å²) >= 11 is 0. The minimum absolute atomic E-state index is 0.0243. The lowest BCUT2D eigenvalue weighted by Crippen LogP contribution is -2.61. The zero-order chi connectivity index (χ0) is 38.4. The summed E-state index contributed by atoms with van der Waals surface area (Å²) in [5, 5.41) is 7.42. The van der Waals surface area contributed by atoms with Gasteiger partial charge in [-0.05, 0) is 35.7 Å². The summed E-state index contributed by atoms with van der Waals surface area (Å²) in [7, 11) is 0. The molecular formula is C36H57F2N5O7. The number of carbonyl (C=O) groups is 6. The van der Waals surface area contributed by atoms with E-state index in [0.717, 1.165) is 5.56 Å². The number of likely N-dealkylation sites (tertiary alicyclic amines) is 1. The van der Waals surface area contributed by atoms with Gasteiger partial charge in [-0.3, -0.25) is 24.0 Å². The van der Waals surface area contributed by atoms with Gasteiger partial charge in [0.05, 0.1) is 6.04 Å². The number of halogens is 2. The summed E-state index contributed by atoms with van der Waals surface area (Å²) in [6.45, 7) is 16.8. The van der Waals surface area contributed by atoms with Gasteiger partial charge in [0.25, 0.3) is 11.8 Å². The van der Waals surface area contributed by atoms with E-state index in [-0.39, 0.29) is 25.0 Å². The Balaban J connectivity index is 0.00000237. The average Bonchev–Trinajstić information content (AvgIpc) is 3.42. The first-order valence-corrected chi connectivity index (χ1v) is 17.4. The van der Waals surface area contributed by atoms with Crippen LogP contribution in [0, 0.1) is 23.2 Å². The second kappa shape index (κ2) is 19.9. The Morgan fingerprint density at radius 3 is 2.06 bits per heavy atom. The highest BCUT2D eigenvalue weighted by molar-refractivity contribution is 6.37. The second-order valence-corrected chi connectivity index (χ2v) is 13.8. The highest BCUT2D eigenvalue weighted by atomic mass is 19.3. The Bertz CT molecular complexity index is 1300. The Morgan fingerprint density at radius 2 is 1.58 bits per heavy atom. The molecule has 282 valence electrons. The van der Waals surface area contributed by atoms with Crippen LogP contribution in [0.15, 0.2) is 30.3 Å². The van der Waals surface area contributed by atoms with Crippen molar-refractivity contribution in [3.05, 3.63) is 35.9 Å². The summed E-state index contributed by atoms with van der Waals surface area (Å²) in [5.41, 5.74) is 5.06. The van der Waals surface area contributed by atoms with Crippen LogP contribution in [0.2, 0.25) is 0 Å². The quantitative estimate of drug-likeness (QED) is 0.174. The number of ether oxygens (including phenoxy) is 1. The first-order valence-electron chi connectivity index (χ1n) is 17.4. The van der Waals surface area contributed by atoms with E-state index in [0.29, 0.717) is 6.42 Å². The first kappa shape index (κ1) is 43.9. The van der Waals surface area contributed by atoms with Gasteiger partial charge >= 0.3 is 12.0 Å². The lowest BCUT2D eigenvalue weighted by atomic mass is 9.84. The number of amides is 5. The summed E-state index contributed by atoms with van der Waals surface area (Å²) in [6, 6.07) is 4.35. The molecule has 4 unspecified atom stereocenters. The van der Waals surface area contributed by atoms with Crippen LogP contribution in [0.1, 0.15) is 93.6 Å². The fourth-order valence-corrected chi connectivity index (χ4v) is 5.51. The number of primary amides is 1. The van der Waals surface area contributed by atoms with Crippen LogP contribution in [-0.4, -0.2) is 77.5 Å². The van der Waals surface area contributed by atoms with Crippen LogP contribution in [-0.2, 0) is 35.3 Å². The standard InChI is InChI=1S/C31H43F2N5O7.C3H8.C2H6/c1-17(2)20-11-12-38(23(20)27(42)36-21(24(40)26(34)41)13-19-14-31(19,32)33)28(43)25(30(3,4)5)37-29(44)35-15-22(39)45-16-18-9-7-6-8-10-18;1-3-2;1-2/h6-10,17,19-21,23,25H,11-16H2,1-5H3,(H2,34,41)(H,36,42)(H2,35,37,44);3H2,1-2H3;1-2H3/t19?,20-,21?,23?,25?;;/m1../s1. The van der Waals surface area contributed by atoms with Gasteiger partial charge in [0, 0.05) is 18.9 Å². The minimum atomic E-state index is -3.00. The molecular weight excluding hydrogens is 652 g/mol. The fourth-order valence-electron chi connectivity index (χ4n) is 5.51. The maximum Gasteiger partial charge on any atom is 0.325 e. The van der Waals surface area contributed by atoms with E-state index in [9.17, 15) is 37.5 Å². The van der Waals surface area contributed by atoms with Gasteiger partial charge in [-0.2, -0.15) is 0 Å². The van der Waals surface area contributed by atoms with E-state index >= 15 is 0 Å². The fraction of sp³-hybridized carbons (Fsp3) is 0.667. The van der Waals surface area contributed by atoms with Gasteiger partial charge in [-0.15, -0.1) is 0 Å². The van der Waals surface area contributed by atoms with Gasteiger partial charge < -0.3 is 31.3 Å². The van der Waals surface area contributed by atoms with Crippen molar-refractivity contribution in [3.8, 4) is 0 Å². The molecule has 1 aliphatic carbocycles. The number of Topliss-reactive ketones (excluding diaryl/α,β-unsaturated/α-hetero) is 1. The molecule has 1 aliphatic heterocycles. The average molecular weight is 710 g/mol. The van der Waals surface area contributed by atoms with E-state index in [1.165, 1.54) is 11.3 Å². The molecule has 1 saturated carbocycles. The number of nitrogens with zero attached hydrogens (tertiary/aromatic N) is 1. The lowest BCUT2D eigenvalue weighted by Gasteiger charge is -2.37. The van der Waals surface area contributed by atoms with Gasteiger partial charge in [0.1, 0.15) is 25.2 Å². The number of benzene rings is 1. The number of alkyl halides is 2. The monoisotopic (exact) mass is 709 g/mol. The molecule has 50 heavy (non-hydrogen) atoms. The summed E-state index contributed by atoms with van der Waals surface area (Å²) in [4.78, 5) is 78.1. The third-order valence-corrected chi connectivity index (χ3v) is 8.23. The van der Waals surface area contributed by atoms with E-state index < -0.39 is 90.3 Å². The molecule has 0 spiro atoms. The molecule has 1 heterocycles. The number of rotatable bonds is 13. The molecule has 1 aromatic rings. The summed E-state index contributed by atoms with van der Waals surface area (Å²) < 4.78 is 32.5. The van der Waals surface area contributed by atoms with Crippen molar-refractivity contribution < 1.29 is 42.3 Å². The van der Waals surface area contributed by atoms with Crippen molar-refractivity contribution in [2.75, 3.05) is 13.1 Å². The maximum absolute atomic E-state index is 14.0. The Labute approximate surface area is 295 Å². The predicted molar refractivity (Wildman–Crippen MR) is 186 cm³/mol. The molecule has 5 atom stereocenters. The number of nitrogens with two attached hydrogens (primary N) is 1. The molecule has 14 heteroatoms. The minimum Gasteiger partial charge on any atom is -0.460 e. The molecule has 2 aliphatic rings. The van der Waals surface area contributed by atoms with Crippen LogP contribution in [0.4, 0.5) is 13.6 Å². The van der Waals surface area contributed by atoms with Crippen molar-refractivity contribution in [3.63, 3.8) is 0 Å². The molecule has 5 amide bonds. The van der Waals surface area contributed by atoms with Gasteiger partial charge in [0.2, 0.25) is 17.6 Å². The van der Waals surface area contributed by atoms with Crippen LogP contribution in [0.25, 0.3) is 0 Å². The van der Waals surface area contributed by atoms with E-state index in [1.54, 1.807) is 45.0 Å². The number of hydrogen-bond donors (Lipinski definition) is 4. The molecule has 1 aromatic carbocycles. The SMILES string of the molecule is CC.CC(C)[C@H]1CCN(C(=O)C(NC(=O)NCC(=O)OCc2ccccc2)C(C)(C)C)C1C(=O)NC(CC1CC1(F)F)C(=O)C(N)=O.CCC. The third kappa shape index (κ3) is 13.3. The number of esters is 1. The topological polar surface area (TPSA) is 177 Å². The molecule has 3 rings (SSSR count). The largest absolute Gasteiger partial charge is 0.460 e. The first-order chi connectivity index (χ1) is 23.3. The van der Waals surface area contributed by atoms with Gasteiger partial charge in [-0.1, -0.05) is 99.1 Å². The van der Waals surface area contributed by atoms with Crippen LogP contribution >= 0.6 is 0 Å². The normalized spacial score (nSPS) is 20.1. The third-order valence-electron chi connectivity index (χ3n) is 8.23. The highest BCUT2D eigenvalue weighted by Gasteiger charge is 2.58. The van der Waals surface area contributed by atoms with Crippen molar-refractivity contribution >= 4 is 35.5 Å². The van der Waals surface area contributed by atoms with Gasteiger partial charge in [-0.25, -0.2) is 13.6 Å². The van der Waals surface area contributed by atoms with E-state index in [2.05, 4.69) is 29.8 Å². The number of hydrogen-bond acceptors (Lipinski definition) is 7. The Morgan fingerprint density at radius 1 is 1.02 bits per heavy atom.